The van der Waals surface area contributed by atoms with Crippen molar-refractivity contribution in [3.8, 4) is 0 Å². The van der Waals surface area contributed by atoms with Gasteiger partial charge in [0.15, 0.2) is 0 Å². The first-order valence-corrected chi connectivity index (χ1v) is 9.19. The fourth-order valence-electron chi connectivity index (χ4n) is 3.08. The molecule has 8 heteroatoms. The number of rotatable bonds is 5. The molecule has 3 heterocycles. The molecule has 0 atom stereocenters. The molecule has 0 aromatic carbocycles. The number of carbonyl (C=O) groups is 2. The number of amides is 1. The number of carbonyl (C=O) groups excluding carboxylic acids is 2. The molecule has 0 bridgehead atoms. The highest BCUT2D eigenvalue weighted by Gasteiger charge is 2.29. The van der Waals surface area contributed by atoms with Crippen LogP contribution < -0.4 is 5.32 Å². The number of likely N-dealkylation sites (N-methyl/N-ethyl adjacent to an activating group) is 1. The molecule has 25 heavy (non-hydrogen) atoms. The topological polar surface area (TPSA) is 76.5 Å². The Balaban J connectivity index is 1.94. The van der Waals surface area contributed by atoms with Crippen LogP contribution in [0.5, 0.6) is 0 Å². The standard InChI is InChI=1S/C17H22N4O3S/c1-4-20-9-7-11-13(10-20)25-16(14(11)17(23)24-3)19-15(22)12-6-8-18-21(12)5-2/h6,8H,4-5,7,9-10H2,1-3H3,(H,19,22). The normalized spacial score (nSPS) is 14.2. The number of aryl methyl sites for hydroxylation is 1. The van der Waals surface area contributed by atoms with Crippen LogP contribution in [0.15, 0.2) is 12.3 Å². The van der Waals surface area contributed by atoms with Crippen LogP contribution in [0.1, 0.15) is 45.1 Å². The number of esters is 1. The van der Waals surface area contributed by atoms with E-state index in [-0.39, 0.29) is 5.91 Å². The van der Waals surface area contributed by atoms with Crippen LogP contribution in [0.25, 0.3) is 0 Å². The van der Waals surface area contributed by atoms with Crippen molar-refractivity contribution in [2.24, 2.45) is 0 Å². The Bertz CT molecular complexity index is 796. The summed E-state index contributed by atoms with van der Waals surface area (Å²) < 4.78 is 6.58. The maximum atomic E-state index is 12.6. The van der Waals surface area contributed by atoms with Crippen LogP contribution in [0, 0.1) is 0 Å². The Kier molecular flexibility index (Phi) is 5.19. The molecule has 2 aromatic heterocycles. The molecule has 0 saturated carbocycles. The van der Waals surface area contributed by atoms with Crippen molar-refractivity contribution in [1.82, 2.24) is 14.7 Å². The van der Waals surface area contributed by atoms with Crippen LogP contribution in [-0.2, 0) is 24.2 Å². The number of hydrogen-bond donors (Lipinski definition) is 1. The number of ether oxygens (including phenoxy) is 1. The molecule has 1 aliphatic heterocycles. The number of thiophene rings is 1. The number of aromatic nitrogens is 2. The van der Waals surface area contributed by atoms with E-state index in [9.17, 15) is 9.59 Å². The van der Waals surface area contributed by atoms with Gasteiger partial charge in [-0.25, -0.2) is 4.79 Å². The lowest BCUT2D eigenvalue weighted by Crippen LogP contribution is -2.30. The predicted octanol–water partition coefficient (Wildman–Crippen LogP) is 2.38. The number of nitrogens with one attached hydrogen (secondary N) is 1. The zero-order chi connectivity index (χ0) is 18.0. The van der Waals surface area contributed by atoms with E-state index in [1.165, 1.54) is 18.4 Å². The second-order valence-corrected chi connectivity index (χ2v) is 6.91. The number of hydrogen-bond acceptors (Lipinski definition) is 6. The van der Waals surface area contributed by atoms with E-state index in [1.54, 1.807) is 16.9 Å². The first-order valence-electron chi connectivity index (χ1n) is 8.37. The number of nitrogens with zero attached hydrogens (tertiary/aromatic N) is 3. The molecule has 1 aliphatic rings. The van der Waals surface area contributed by atoms with E-state index in [2.05, 4.69) is 22.2 Å². The summed E-state index contributed by atoms with van der Waals surface area (Å²) in [4.78, 5) is 28.4. The van der Waals surface area contributed by atoms with Gasteiger partial charge in [-0.1, -0.05) is 6.92 Å². The van der Waals surface area contributed by atoms with Gasteiger partial charge in [0.2, 0.25) is 0 Å². The van der Waals surface area contributed by atoms with Crippen LogP contribution in [0.2, 0.25) is 0 Å². The molecule has 0 saturated heterocycles. The summed E-state index contributed by atoms with van der Waals surface area (Å²) in [6.45, 7) is 7.30. The molecule has 2 aromatic rings. The second-order valence-electron chi connectivity index (χ2n) is 5.80. The molecule has 0 fully saturated rings. The van der Waals surface area contributed by atoms with Gasteiger partial charge in [-0.15, -0.1) is 11.3 Å². The highest BCUT2D eigenvalue weighted by Crippen LogP contribution is 2.37. The van der Waals surface area contributed by atoms with Gasteiger partial charge in [-0.05, 0) is 31.5 Å². The summed E-state index contributed by atoms with van der Waals surface area (Å²) in [7, 11) is 1.37. The Morgan fingerprint density at radius 2 is 2.16 bits per heavy atom. The van der Waals surface area contributed by atoms with Crippen LogP contribution >= 0.6 is 11.3 Å². The largest absolute Gasteiger partial charge is 0.465 e. The molecule has 3 rings (SSSR count). The minimum Gasteiger partial charge on any atom is -0.465 e. The third-order valence-electron chi connectivity index (χ3n) is 4.45. The lowest BCUT2D eigenvalue weighted by molar-refractivity contribution is 0.0600. The van der Waals surface area contributed by atoms with Crippen LogP contribution in [-0.4, -0.2) is 46.8 Å². The summed E-state index contributed by atoms with van der Waals surface area (Å²) in [5.74, 6) is -0.669. The van der Waals surface area contributed by atoms with Crippen LogP contribution in [0.3, 0.4) is 0 Å². The van der Waals surface area contributed by atoms with E-state index in [0.29, 0.717) is 22.8 Å². The lowest BCUT2D eigenvalue weighted by atomic mass is 10.0. The molecule has 0 unspecified atom stereocenters. The van der Waals surface area contributed by atoms with Crippen molar-refractivity contribution in [3.05, 3.63) is 34.0 Å². The monoisotopic (exact) mass is 362 g/mol. The van der Waals surface area contributed by atoms with Crippen molar-refractivity contribution in [2.75, 3.05) is 25.5 Å². The summed E-state index contributed by atoms with van der Waals surface area (Å²) in [5, 5.41) is 7.57. The number of methoxy groups -OCH3 is 1. The minimum atomic E-state index is -0.401. The fraction of sp³-hybridized carbons (Fsp3) is 0.471. The SMILES string of the molecule is CCN1CCc2c(sc(NC(=O)c3ccnn3CC)c2C(=O)OC)C1. The Hall–Kier alpha value is -2.19. The highest BCUT2D eigenvalue weighted by atomic mass is 32.1. The molecule has 0 spiro atoms. The Morgan fingerprint density at radius 3 is 2.84 bits per heavy atom. The predicted molar refractivity (Wildman–Crippen MR) is 96.2 cm³/mol. The molecule has 1 amide bonds. The minimum absolute atomic E-state index is 0.268. The smallest absolute Gasteiger partial charge is 0.341 e. The second kappa shape index (κ2) is 7.37. The van der Waals surface area contributed by atoms with Crippen molar-refractivity contribution in [3.63, 3.8) is 0 Å². The maximum absolute atomic E-state index is 12.6. The van der Waals surface area contributed by atoms with Crippen molar-refractivity contribution < 1.29 is 14.3 Å². The summed E-state index contributed by atoms with van der Waals surface area (Å²) in [6, 6.07) is 1.67. The average Bonchev–Trinajstić information content (AvgIpc) is 3.24. The molecular formula is C17H22N4O3S. The van der Waals surface area contributed by atoms with E-state index >= 15 is 0 Å². The molecular weight excluding hydrogens is 340 g/mol. The molecule has 134 valence electrons. The number of anilines is 1. The first kappa shape index (κ1) is 17.6. The van der Waals surface area contributed by atoms with Crippen LogP contribution in [0.4, 0.5) is 5.00 Å². The summed E-state index contributed by atoms with van der Waals surface area (Å²) >= 11 is 1.46. The van der Waals surface area contributed by atoms with E-state index in [0.717, 1.165) is 36.5 Å². The average molecular weight is 362 g/mol. The Morgan fingerprint density at radius 1 is 1.36 bits per heavy atom. The molecule has 7 nitrogen and oxygen atoms in total. The van der Waals surface area contributed by atoms with Gasteiger partial charge in [0, 0.05) is 30.7 Å². The van der Waals surface area contributed by atoms with Gasteiger partial charge in [0.05, 0.1) is 12.7 Å². The summed E-state index contributed by atoms with van der Waals surface area (Å²) in [6.07, 6.45) is 2.38. The van der Waals surface area contributed by atoms with Gasteiger partial charge in [-0.3, -0.25) is 14.4 Å². The molecule has 0 aliphatic carbocycles. The molecule has 1 N–H and O–H groups in total. The van der Waals surface area contributed by atoms with E-state index in [1.807, 2.05) is 6.92 Å². The molecule has 0 radical (unpaired) electrons. The van der Waals surface area contributed by atoms with Crippen molar-refractivity contribution in [2.45, 2.75) is 33.4 Å². The lowest BCUT2D eigenvalue weighted by Gasteiger charge is -2.25. The van der Waals surface area contributed by atoms with Gasteiger partial charge >= 0.3 is 5.97 Å². The highest BCUT2D eigenvalue weighted by molar-refractivity contribution is 7.17. The van der Waals surface area contributed by atoms with E-state index in [4.69, 9.17) is 4.74 Å². The third kappa shape index (κ3) is 3.32. The third-order valence-corrected chi connectivity index (χ3v) is 5.58. The van der Waals surface area contributed by atoms with Gasteiger partial charge in [0.1, 0.15) is 10.7 Å². The quantitative estimate of drug-likeness (QED) is 0.827. The van der Waals surface area contributed by atoms with Crippen molar-refractivity contribution >= 4 is 28.2 Å². The fourth-order valence-corrected chi connectivity index (χ4v) is 4.35. The Labute approximate surface area is 150 Å². The van der Waals surface area contributed by atoms with E-state index < -0.39 is 5.97 Å². The first-order chi connectivity index (χ1) is 12.1. The maximum Gasteiger partial charge on any atom is 0.341 e. The summed E-state index contributed by atoms with van der Waals surface area (Å²) in [5.41, 5.74) is 1.97. The number of fused-ring (bicyclic) bond motifs is 1. The van der Waals surface area contributed by atoms with Gasteiger partial charge in [-0.2, -0.15) is 5.10 Å². The zero-order valence-corrected chi connectivity index (χ0v) is 15.5. The van der Waals surface area contributed by atoms with Crippen molar-refractivity contribution in [1.29, 1.82) is 0 Å². The van der Waals surface area contributed by atoms with Gasteiger partial charge < -0.3 is 10.1 Å². The zero-order valence-electron chi connectivity index (χ0n) is 14.7. The van der Waals surface area contributed by atoms with Gasteiger partial charge in [0.25, 0.3) is 5.91 Å².